The molecule has 1 aromatic carbocycles. The summed E-state index contributed by atoms with van der Waals surface area (Å²) in [5.41, 5.74) is 0.786. The van der Waals surface area contributed by atoms with E-state index < -0.39 is 7.60 Å². The lowest BCUT2D eigenvalue weighted by Crippen LogP contribution is -2.06. The third-order valence-corrected chi connectivity index (χ3v) is 4.82. The highest BCUT2D eigenvalue weighted by molar-refractivity contribution is 7.54. The van der Waals surface area contributed by atoms with Crippen LogP contribution in [0.25, 0.3) is 10.9 Å². The highest BCUT2D eigenvalue weighted by Crippen LogP contribution is 2.54. The molecule has 0 saturated heterocycles. The third kappa shape index (κ3) is 2.76. The summed E-state index contributed by atoms with van der Waals surface area (Å²) in [6.45, 7) is 0. The minimum atomic E-state index is -3.65. The number of pyridine rings is 1. The number of hydrogen-bond donors (Lipinski definition) is 1. The number of benzene rings is 1. The second-order valence-electron chi connectivity index (χ2n) is 3.61. The monoisotopic (exact) mass is 307 g/mol. The Morgan fingerprint density at radius 2 is 1.89 bits per heavy atom. The van der Waals surface area contributed by atoms with E-state index >= 15 is 0 Å². The van der Waals surface area contributed by atoms with Crippen molar-refractivity contribution < 1.29 is 12.7 Å². The van der Waals surface area contributed by atoms with Crippen LogP contribution >= 0.6 is 31.3 Å². The van der Waals surface area contributed by atoms with Crippen molar-refractivity contribution in [2.45, 2.75) is 6.16 Å². The van der Waals surface area contributed by atoms with Crippen LogP contribution in [0.2, 0.25) is 0 Å². The summed E-state index contributed by atoms with van der Waals surface area (Å²) in [6, 6.07) is 8.37. The molecule has 1 heterocycles. The fourth-order valence-electron chi connectivity index (χ4n) is 1.68. The summed E-state index contributed by atoms with van der Waals surface area (Å²) >= 11 is 10.2. The minimum absolute atomic E-state index is 0.190. The average molecular weight is 308 g/mol. The molecule has 0 unspecified atom stereocenters. The Bertz CT molecular complexity index is 664. The van der Waals surface area contributed by atoms with Crippen LogP contribution in [0.3, 0.4) is 0 Å². The van der Waals surface area contributed by atoms with Gasteiger partial charge in [0.1, 0.15) is 0 Å². The summed E-state index contributed by atoms with van der Waals surface area (Å²) in [7, 11) is -3.65. The number of aromatic amines is 1. The minimum Gasteiger partial charge on any atom is -0.322 e. The molecule has 0 bridgehead atoms. The van der Waals surface area contributed by atoms with Crippen molar-refractivity contribution >= 4 is 42.2 Å². The van der Waals surface area contributed by atoms with E-state index in [0.717, 1.165) is 5.39 Å². The number of fused-ring (bicyclic) bond motifs is 1. The number of aromatic nitrogens is 1. The molecule has 0 aliphatic rings. The Morgan fingerprint density at radius 1 is 1.22 bits per heavy atom. The van der Waals surface area contributed by atoms with Crippen molar-refractivity contribution in [2.24, 2.45) is 0 Å². The zero-order valence-electron chi connectivity index (χ0n) is 8.93. The van der Waals surface area contributed by atoms with Gasteiger partial charge in [-0.3, -0.25) is 9.36 Å². The number of H-pyrrole nitrogens is 1. The second-order valence-corrected chi connectivity index (χ2v) is 6.25. The first-order valence-corrected chi connectivity index (χ1v) is 7.23. The summed E-state index contributed by atoms with van der Waals surface area (Å²) < 4.78 is 20.3. The maximum Gasteiger partial charge on any atom is 0.367 e. The molecule has 0 aliphatic heterocycles. The van der Waals surface area contributed by atoms with Crippen LogP contribution in [-0.2, 0) is 18.9 Å². The summed E-state index contributed by atoms with van der Waals surface area (Å²) in [6.07, 6.45) is -0.190. The third-order valence-electron chi connectivity index (χ3n) is 2.41. The number of rotatable bonds is 4. The van der Waals surface area contributed by atoms with E-state index in [4.69, 9.17) is 23.7 Å². The van der Waals surface area contributed by atoms with Gasteiger partial charge < -0.3 is 4.98 Å². The molecular formula is C10H8Cl2NO4P. The van der Waals surface area contributed by atoms with Gasteiger partial charge in [-0.05, 0) is 11.6 Å². The molecule has 5 nitrogen and oxygen atoms in total. The maximum atomic E-state index is 11.9. The summed E-state index contributed by atoms with van der Waals surface area (Å²) in [4.78, 5) is 14.1. The van der Waals surface area contributed by atoms with Crippen LogP contribution in [0, 0.1) is 0 Å². The summed E-state index contributed by atoms with van der Waals surface area (Å²) in [5, 5.41) is 0.722. The maximum absolute atomic E-state index is 11.9. The van der Waals surface area contributed by atoms with Gasteiger partial charge in [0.05, 0.1) is 29.9 Å². The Balaban J connectivity index is 2.57. The van der Waals surface area contributed by atoms with Crippen molar-refractivity contribution in [1.29, 1.82) is 0 Å². The van der Waals surface area contributed by atoms with E-state index in [1.54, 1.807) is 24.3 Å². The van der Waals surface area contributed by atoms with Gasteiger partial charge in [0.2, 0.25) is 5.56 Å². The molecular weight excluding hydrogens is 300 g/mol. The van der Waals surface area contributed by atoms with E-state index in [1.165, 1.54) is 6.07 Å². The van der Waals surface area contributed by atoms with Crippen molar-refractivity contribution in [2.75, 3.05) is 0 Å². The van der Waals surface area contributed by atoms with E-state index in [-0.39, 0.29) is 11.7 Å². The van der Waals surface area contributed by atoms with E-state index in [2.05, 4.69) is 13.1 Å². The Labute approximate surface area is 113 Å². The highest BCUT2D eigenvalue weighted by Gasteiger charge is 2.26. The normalized spacial score (nSPS) is 11.9. The lowest BCUT2D eigenvalue weighted by atomic mass is 10.1. The van der Waals surface area contributed by atoms with Crippen molar-refractivity contribution in [3.8, 4) is 0 Å². The van der Waals surface area contributed by atoms with Gasteiger partial charge in [0, 0.05) is 17.0 Å². The molecule has 0 aliphatic carbocycles. The number of halogens is 2. The molecule has 96 valence electrons. The highest BCUT2D eigenvalue weighted by atomic mass is 35.5. The standard InChI is InChI=1S/C10H8Cl2NO4P/c11-16-18(15,17-12)6-7-5-10(14)13-9-4-2-1-3-8(7)9/h1-5H,6H2,(H,13,14). The molecule has 0 radical (unpaired) electrons. The zero-order valence-corrected chi connectivity index (χ0v) is 11.3. The van der Waals surface area contributed by atoms with Crippen LogP contribution in [0.5, 0.6) is 0 Å². The first-order chi connectivity index (χ1) is 8.58. The molecule has 0 saturated carbocycles. The lowest BCUT2D eigenvalue weighted by molar-refractivity contribution is 0.414. The van der Waals surface area contributed by atoms with E-state index in [9.17, 15) is 9.36 Å². The quantitative estimate of drug-likeness (QED) is 0.877. The van der Waals surface area contributed by atoms with Crippen LogP contribution in [0.1, 0.15) is 5.56 Å². The van der Waals surface area contributed by atoms with Gasteiger partial charge in [-0.2, -0.15) is 8.15 Å². The predicted molar refractivity (Wildman–Crippen MR) is 69.8 cm³/mol. The lowest BCUT2D eigenvalue weighted by Gasteiger charge is -2.11. The van der Waals surface area contributed by atoms with E-state index in [0.29, 0.717) is 11.1 Å². The Morgan fingerprint density at radius 3 is 2.56 bits per heavy atom. The topological polar surface area (TPSA) is 68.4 Å². The molecule has 1 N–H and O–H groups in total. The molecule has 1 aromatic heterocycles. The van der Waals surface area contributed by atoms with Gasteiger partial charge in [-0.25, -0.2) is 0 Å². The Hall–Kier alpha value is -0.840. The molecule has 8 heteroatoms. The van der Waals surface area contributed by atoms with Crippen LogP contribution in [0.4, 0.5) is 0 Å². The molecule has 18 heavy (non-hydrogen) atoms. The van der Waals surface area contributed by atoms with Gasteiger partial charge >= 0.3 is 7.60 Å². The van der Waals surface area contributed by atoms with Crippen LogP contribution in [-0.4, -0.2) is 4.98 Å². The molecule has 0 fully saturated rings. The van der Waals surface area contributed by atoms with Gasteiger partial charge in [0.15, 0.2) is 0 Å². The van der Waals surface area contributed by atoms with E-state index in [1.807, 2.05) is 0 Å². The van der Waals surface area contributed by atoms with Crippen molar-refractivity contribution in [3.05, 3.63) is 46.2 Å². The molecule has 2 aromatic rings. The smallest absolute Gasteiger partial charge is 0.322 e. The first kappa shape index (κ1) is 13.6. The first-order valence-electron chi connectivity index (χ1n) is 4.88. The Kier molecular flexibility index (Phi) is 4.10. The van der Waals surface area contributed by atoms with Crippen molar-refractivity contribution in [1.82, 2.24) is 4.98 Å². The van der Waals surface area contributed by atoms with Crippen LogP contribution in [0.15, 0.2) is 35.1 Å². The second kappa shape index (κ2) is 5.43. The molecule has 0 atom stereocenters. The number of nitrogens with one attached hydrogen (secondary N) is 1. The van der Waals surface area contributed by atoms with Gasteiger partial charge in [-0.15, -0.1) is 0 Å². The fourth-order valence-corrected chi connectivity index (χ4v) is 3.02. The fraction of sp³-hybridized carbons (Fsp3) is 0.100. The molecule has 0 spiro atoms. The average Bonchev–Trinajstić information content (AvgIpc) is 2.38. The largest absolute Gasteiger partial charge is 0.367 e. The number of hydrogen-bond acceptors (Lipinski definition) is 4. The van der Waals surface area contributed by atoms with Crippen molar-refractivity contribution in [3.63, 3.8) is 0 Å². The predicted octanol–water partition coefficient (Wildman–Crippen LogP) is 3.56. The SMILES string of the molecule is O=c1cc(CP(=O)(OCl)OCl)c2ccccc2[nH]1. The van der Waals surface area contributed by atoms with Crippen LogP contribution < -0.4 is 5.56 Å². The molecule has 0 amide bonds. The number of para-hydroxylation sites is 1. The van der Waals surface area contributed by atoms with Gasteiger partial charge in [-0.1, -0.05) is 18.2 Å². The summed E-state index contributed by atoms with van der Waals surface area (Å²) in [5.74, 6) is 0. The molecule has 2 rings (SSSR count). The zero-order chi connectivity index (χ0) is 13.2. The van der Waals surface area contributed by atoms with Gasteiger partial charge in [0.25, 0.3) is 0 Å².